The number of rotatable bonds is 3. The molecule has 0 saturated heterocycles. The predicted octanol–water partition coefficient (Wildman–Crippen LogP) is 4.79. The summed E-state index contributed by atoms with van der Waals surface area (Å²) in [4.78, 5) is 8.17. The van der Waals surface area contributed by atoms with Gasteiger partial charge in [-0.1, -0.05) is 0 Å². The Morgan fingerprint density at radius 3 is 2.31 bits per heavy atom. The van der Waals surface area contributed by atoms with Crippen LogP contribution < -0.4 is 0 Å². The molecule has 4 aromatic rings. The van der Waals surface area contributed by atoms with E-state index in [1.807, 2.05) is 0 Å². The molecule has 0 radical (unpaired) electrons. The zero-order valence-corrected chi connectivity index (χ0v) is 14.8. The van der Waals surface area contributed by atoms with Crippen molar-refractivity contribution in [3.05, 3.63) is 42.0 Å². The van der Waals surface area contributed by atoms with Crippen LogP contribution in [0.15, 0.2) is 35.2 Å². The smallest absolute Gasteiger partial charge is 0.422 e. The van der Waals surface area contributed by atoms with E-state index in [2.05, 4.69) is 20.2 Å². The Morgan fingerprint density at radius 1 is 1.00 bits per heavy atom. The molecule has 4 aromatic heterocycles. The van der Waals surface area contributed by atoms with Gasteiger partial charge in [0.1, 0.15) is 22.7 Å². The van der Waals surface area contributed by atoms with Gasteiger partial charge in [0.25, 0.3) is 5.89 Å². The van der Waals surface area contributed by atoms with Crippen molar-refractivity contribution in [2.24, 2.45) is 0 Å². The molecule has 0 aliphatic carbocycles. The van der Waals surface area contributed by atoms with Crippen molar-refractivity contribution in [3.8, 4) is 11.6 Å². The maximum absolute atomic E-state index is 14.5. The van der Waals surface area contributed by atoms with E-state index in [0.29, 0.717) is 6.07 Å². The van der Waals surface area contributed by atoms with Crippen LogP contribution in [-0.2, 0) is 11.6 Å². The molecule has 0 fully saturated rings. The summed E-state index contributed by atoms with van der Waals surface area (Å²) < 4.78 is 88.4. The first-order valence-electron chi connectivity index (χ1n) is 8.13. The number of aromatic nitrogens is 5. The summed E-state index contributed by atoms with van der Waals surface area (Å²) in [7, 11) is 0. The van der Waals surface area contributed by atoms with Crippen molar-refractivity contribution in [2.75, 3.05) is 0 Å². The SMILES string of the molecule is CC(C)(F)c1cc(C(F)(F)C(F)(F)F)c2ccc3nc(-c4nnco4)cn3c2n1. The van der Waals surface area contributed by atoms with Crippen LogP contribution in [0.4, 0.5) is 26.3 Å². The second-order valence-electron chi connectivity index (χ2n) is 6.77. The summed E-state index contributed by atoms with van der Waals surface area (Å²) >= 11 is 0. The molecule has 0 atom stereocenters. The van der Waals surface area contributed by atoms with Crippen molar-refractivity contribution >= 4 is 16.7 Å². The van der Waals surface area contributed by atoms with E-state index in [-0.39, 0.29) is 22.9 Å². The summed E-state index contributed by atoms with van der Waals surface area (Å²) in [5, 5.41) is 6.66. The predicted molar refractivity (Wildman–Crippen MR) is 87.9 cm³/mol. The molecule has 152 valence electrons. The molecule has 0 spiro atoms. The number of nitrogens with zero attached hydrogens (tertiary/aromatic N) is 5. The van der Waals surface area contributed by atoms with Gasteiger partial charge in [-0.3, -0.25) is 4.40 Å². The summed E-state index contributed by atoms with van der Waals surface area (Å²) in [6, 6.07) is 2.71. The molecular weight excluding hydrogens is 404 g/mol. The Morgan fingerprint density at radius 2 is 1.72 bits per heavy atom. The van der Waals surface area contributed by atoms with Crippen molar-refractivity contribution < 1.29 is 30.8 Å². The lowest BCUT2D eigenvalue weighted by Crippen LogP contribution is -2.34. The van der Waals surface area contributed by atoms with E-state index >= 15 is 0 Å². The van der Waals surface area contributed by atoms with Crippen LogP contribution in [0.3, 0.4) is 0 Å². The van der Waals surface area contributed by atoms with E-state index in [0.717, 1.165) is 26.3 Å². The van der Waals surface area contributed by atoms with E-state index in [4.69, 9.17) is 4.42 Å². The Bertz CT molecular complexity index is 1210. The van der Waals surface area contributed by atoms with E-state index in [1.165, 1.54) is 16.7 Å². The molecule has 0 bridgehead atoms. The molecule has 0 aliphatic rings. The zero-order valence-electron chi connectivity index (χ0n) is 14.8. The fraction of sp³-hybridized carbons (Fsp3) is 0.294. The van der Waals surface area contributed by atoms with Gasteiger partial charge in [0.15, 0.2) is 0 Å². The minimum atomic E-state index is -5.88. The van der Waals surface area contributed by atoms with Crippen molar-refractivity contribution in [3.63, 3.8) is 0 Å². The van der Waals surface area contributed by atoms with Gasteiger partial charge in [-0.15, -0.1) is 10.2 Å². The minimum absolute atomic E-state index is 0.00432. The third-order valence-electron chi connectivity index (χ3n) is 4.28. The molecule has 4 rings (SSSR count). The third kappa shape index (κ3) is 2.98. The maximum Gasteiger partial charge on any atom is 0.458 e. The highest BCUT2D eigenvalue weighted by Gasteiger charge is 2.59. The molecular formula is C17H11F6N5O. The Balaban J connectivity index is 2.09. The van der Waals surface area contributed by atoms with E-state index < -0.39 is 34.4 Å². The average Bonchev–Trinajstić information content (AvgIpc) is 3.27. The number of fused-ring (bicyclic) bond motifs is 3. The first-order chi connectivity index (χ1) is 13.4. The monoisotopic (exact) mass is 415 g/mol. The van der Waals surface area contributed by atoms with Gasteiger partial charge >= 0.3 is 12.1 Å². The van der Waals surface area contributed by atoms with E-state index in [1.54, 1.807) is 0 Å². The summed E-state index contributed by atoms with van der Waals surface area (Å²) in [6.45, 7) is 2.02. The number of pyridine rings is 2. The van der Waals surface area contributed by atoms with Crippen LogP contribution in [0.5, 0.6) is 0 Å². The topological polar surface area (TPSA) is 69.1 Å². The number of halogens is 6. The molecule has 6 nitrogen and oxygen atoms in total. The standard InChI is InChI=1S/C17H11F6N5O/c1-15(2,18)11-5-9(16(19,20)17(21,22)23)8-3-4-12-25-10(14-27-24-7-29-14)6-28(12)13(8)26-11/h3-7H,1-2H3. The lowest BCUT2D eigenvalue weighted by Gasteiger charge is -2.24. The third-order valence-corrected chi connectivity index (χ3v) is 4.28. The van der Waals surface area contributed by atoms with Gasteiger partial charge in [-0.2, -0.15) is 22.0 Å². The number of alkyl halides is 6. The molecule has 0 saturated carbocycles. The fourth-order valence-electron chi connectivity index (χ4n) is 2.83. The maximum atomic E-state index is 14.5. The quantitative estimate of drug-likeness (QED) is 0.450. The normalized spacial score (nSPS) is 13.5. The van der Waals surface area contributed by atoms with E-state index in [9.17, 15) is 26.3 Å². The molecule has 0 amide bonds. The summed E-state index contributed by atoms with van der Waals surface area (Å²) in [5.41, 5.74) is -4.26. The molecule has 0 unspecified atom stereocenters. The first kappa shape index (κ1) is 19.2. The molecule has 4 heterocycles. The molecule has 0 aliphatic heterocycles. The van der Waals surface area contributed by atoms with Crippen LogP contribution in [0.1, 0.15) is 25.1 Å². The minimum Gasteiger partial charge on any atom is -0.422 e. The zero-order chi connectivity index (χ0) is 21.2. The molecule has 0 aromatic carbocycles. The molecule has 29 heavy (non-hydrogen) atoms. The second-order valence-corrected chi connectivity index (χ2v) is 6.77. The lowest BCUT2D eigenvalue weighted by molar-refractivity contribution is -0.288. The van der Waals surface area contributed by atoms with Gasteiger partial charge in [0.05, 0.1) is 5.69 Å². The van der Waals surface area contributed by atoms with Gasteiger partial charge in [-0.05, 0) is 32.0 Å². The van der Waals surface area contributed by atoms with Crippen molar-refractivity contribution in [1.82, 2.24) is 24.6 Å². The van der Waals surface area contributed by atoms with Crippen LogP contribution in [0.2, 0.25) is 0 Å². The lowest BCUT2D eigenvalue weighted by atomic mass is 9.98. The second kappa shape index (κ2) is 5.91. The van der Waals surface area contributed by atoms with Gasteiger partial charge in [0, 0.05) is 17.1 Å². The Hall–Kier alpha value is -3.18. The van der Waals surface area contributed by atoms with Gasteiger partial charge in [0.2, 0.25) is 6.39 Å². The molecule has 0 N–H and O–H groups in total. The highest BCUT2D eigenvalue weighted by Crippen LogP contribution is 2.47. The Kier molecular flexibility index (Phi) is 3.90. The number of imidazole rings is 1. The average molecular weight is 415 g/mol. The van der Waals surface area contributed by atoms with Crippen molar-refractivity contribution in [1.29, 1.82) is 0 Å². The number of hydrogen-bond acceptors (Lipinski definition) is 5. The first-order valence-corrected chi connectivity index (χ1v) is 8.13. The summed E-state index contributed by atoms with van der Waals surface area (Å²) in [5.74, 6) is -5.22. The fourth-order valence-corrected chi connectivity index (χ4v) is 2.83. The van der Waals surface area contributed by atoms with Crippen molar-refractivity contribution in [2.45, 2.75) is 31.6 Å². The highest BCUT2D eigenvalue weighted by molar-refractivity contribution is 5.84. The van der Waals surface area contributed by atoms with Crippen LogP contribution >= 0.6 is 0 Å². The van der Waals surface area contributed by atoms with Crippen LogP contribution in [-0.4, -0.2) is 30.7 Å². The number of hydrogen-bond donors (Lipinski definition) is 0. The highest BCUT2D eigenvalue weighted by atomic mass is 19.4. The Labute approximate surface area is 158 Å². The summed E-state index contributed by atoms with van der Waals surface area (Å²) in [6.07, 6.45) is -3.55. The molecule has 12 heteroatoms. The van der Waals surface area contributed by atoms with Gasteiger partial charge < -0.3 is 4.42 Å². The van der Waals surface area contributed by atoms with Gasteiger partial charge in [-0.25, -0.2) is 14.4 Å². The van der Waals surface area contributed by atoms with Crippen LogP contribution in [0.25, 0.3) is 28.3 Å². The van der Waals surface area contributed by atoms with Crippen LogP contribution in [0, 0.1) is 0 Å². The largest absolute Gasteiger partial charge is 0.458 e.